The van der Waals surface area contributed by atoms with Gasteiger partial charge in [-0.3, -0.25) is 9.80 Å². The number of rotatable bonds is 4. The van der Waals surface area contributed by atoms with Crippen molar-refractivity contribution in [1.82, 2.24) is 14.8 Å². The molecule has 0 amide bonds. The van der Waals surface area contributed by atoms with Crippen molar-refractivity contribution in [2.24, 2.45) is 0 Å². The highest BCUT2D eigenvalue weighted by atomic mass is 35.5. The molecule has 1 fully saturated rings. The molecule has 4 rings (SSSR count). The highest BCUT2D eigenvalue weighted by Crippen LogP contribution is 2.21. The molecule has 1 saturated heterocycles. The summed E-state index contributed by atoms with van der Waals surface area (Å²) in [5.74, 6) is 0. The van der Waals surface area contributed by atoms with E-state index in [1.54, 1.807) is 11.3 Å². The molecule has 0 aliphatic carbocycles. The van der Waals surface area contributed by atoms with Crippen LogP contribution >= 0.6 is 23.7 Å². The lowest BCUT2D eigenvalue weighted by atomic mass is 10.0. The van der Waals surface area contributed by atoms with Gasteiger partial charge in [0.15, 0.2) is 5.13 Å². The molecule has 1 aromatic heterocycles. The number of hydrogen-bond donors (Lipinski definition) is 1. The van der Waals surface area contributed by atoms with Gasteiger partial charge in [0.05, 0.1) is 0 Å². The Bertz CT molecular complexity index is 822. The maximum absolute atomic E-state index is 5.72. The van der Waals surface area contributed by atoms with Crippen molar-refractivity contribution in [3.63, 3.8) is 0 Å². The Kier molecular flexibility index (Phi) is 5.91. The van der Waals surface area contributed by atoms with Crippen LogP contribution in [0.5, 0.6) is 0 Å². The van der Waals surface area contributed by atoms with Crippen LogP contribution in [-0.2, 0) is 13.1 Å². The Morgan fingerprint density at radius 2 is 1.60 bits per heavy atom. The summed E-state index contributed by atoms with van der Waals surface area (Å²) in [6, 6.07) is 15.3. The first kappa shape index (κ1) is 18.1. The number of nitrogens with zero attached hydrogens (tertiary/aromatic N) is 3. The van der Waals surface area contributed by atoms with Crippen LogP contribution in [0.15, 0.2) is 48.7 Å². The molecular weight excluding hydrogens is 352 g/mol. The van der Waals surface area contributed by atoms with E-state index in [-0.39, 0.29) is 12.4 Å². The minimum atomic E-state index is 0. The van der Waals surface area contributed by atoms with Gasteiger partial charge in [0.1, 0.15) is 0 Å². The van der Waals surface area contributed by atoms with E-state index in [4.69, 9.17) is 5.73 Å². The van der Waals surface area contributed by atoms with E-state index in [9.17, 15) is 0 Å². The Balaban J connectivity index is 0.00000182. The second-order valence-electron chi connectivity index (χ2n) is 6.36. The van der Waals surface area contributed by atoms with E-state index in [0.29, 0.717) is 5.13 Å². The van der Waals surface area contributed by atoms with Gasteiger partial charge in [-0.25, -0.2) is 4.98 Å². The van der Waals surface area contributed by atoms with Crippen LogP contribution in [0, 0.1) is 0 Å². The molecule has 0 atom stereocenters. The molecule has 0 spiro atoms. The molecule has 3 aromatic rings. The van der Waals surface area contributed by atoms with E-state index in [1.807, 2.05) is 6.20 Å². The zero-order valence-corrected chi connectivity index (χ0v) is 15.7. The van der Waals surface area contributed by atoms with Crippen molar-refractivity contribution in [3.05, 3.63) is 59.1 Å². The first-order chi connectivity index (χ1) is 11.8. The first-order valence-corrected chi connectivity index (χ1v) is 9.21. The van der Waals surface area contributed by atoms with Gasteiger partial charge in [0.2, 0.25) is 0 Å². The summed E-state index contributed by atoms with van der Waals surface area (Å²) >= 11 is 1.60. The second kappa shape index (κ2) is 8.15. The monoisotopic (exact) mass is 374 g/mol. The van der Waals surface area contributed by atoms with Gasteiger partial charge in [-0.05, 0) is 16.3 Å². The lowest BCUT2D eigenvalue weighted by Crippen LogP contribution is -2.45. The molecule has 2 aromatic carbocycles. The predicted molar refractivity (Wildman–Crippen MR) is 108 cm³/mol. The standard InChI is InChI=1S/C19H22N4S.ClH/c20-19-21-12-17(24-19)14-23-10-8-22(9-11-23)13-16-6-3-5-15-4-1-2-7-18(15)16;/h1-7,12H,8-11,13-14H2,(H2,20,21);1H. The highest BCUT2D eigenvalue weighted by Gasteiger charge is 2.18. The molecule has 1 aliphatic heterocycles. The molecule has 2 heterocycles. The van der Waals surface area contributed by atoms with Crippen LogP contribution in [0.2, 0.25) is 0 Å². The summed E-state index contributed by atoms with van der Waals surface area (Å²) in [4.78, 5) is 10.4. The topological polar surface area (TPSA) is 45.4 Å². The van der Waals surface area contributed by atoms with Gasteiger partial charge < -0.3 is 5.73 Å². The minimum Gasteiger partial charge on any atom is -0.375 e. The number of nitrogens with two attached hydrogens (primary N) is 1. The van der Waals surface area contributed by atoms with Gasteiger partial charge in [0, 0.05) is 50.3 Å². The summed E-state index contributed by atoms with van der Waals surface area (Å²) in [7, 11) is 0. The summed E-state index contributed by atoms with van der Waals surface area (Å²) in [6.07, 6.45) is 1.91. The summed E-state index contributed by atoms with van der Waals surface area (Å²) in [6.45, 7) is 6.42. The van der Waals surface area contributed by atoms with E-state index in [0.717, 1.165) is 39.3 Å². The summed E-state index contributed by atoms with van der Waals surface area (Å²) in [5.41, 5.74) is 7.15. The number of fused-ring (bicyclic) bond motifs is 1. The maximum atomic E-state index is 5.72. The molecule has 0 saturated carbocycles. The molecule has 4 nitrogen and oxygen atoms in total. The average Bonchev–Trinajstić information content (AvgIpc) is 3.02. The zero-order valence-electron chi connectivity index (χ0n) is 14.1. The van der Waals surface area contributed by atoms with Crippen molar-refractivity contribution >= 4 is 39.6 Å². The van der Waals surface area contributed by atoms with Crippen molar-refractivity contribution in [3.8, 4) is 0 Å². The number of thiazole rings is 1. The average molecular weight is 375 g/mol. The molecule has 2 N–H and O–H groups in total. The smallest absolute Gasteiger partial charge is 0.180 e. The largest absolute Gasteiger partial charge is 0.375 e. The third-order valence-corrected chi connectivity index (χ3v) is 5.50. The van der Waals surface area contributed by atoms with Crippen LogP contribution in [0.3, 0.4) is 0 Å². The van der Waals surface area contributed by atoms with Crippen LogP contribution < -0.4 is 5.73 Å². The van der Waals surface area contributed by atoms with Gasteiger partial charge in [-0.1, -0.05) is 42.5 Å². The SMILES string of the molecule is Cl.Nc1ncc(CN2CCN(Cc3cccc4ccccc34)CC2)s1. The Morgan fingerprint density at radius 3 is 2.32 bits per heavy atom. The number of hydrogen-bond acceptors (Lipinski definition) is 5. The Hall–Kier alpha value is -1.66. The highest BCUT2D eigenvalue weighted by molar-refractivity contribution is 7.15. The fourth-order valence-corrected chi connectivity index (χ4v) is 4.12. The lowest BCUT2D eigenvalue weighted by Gasteiger charge is -2.34. The third kappa shape index (κ3) is 4.30. The number of nitrogen functional groups attached to an aromatic ring is 1. The van der Waals surface area contributed by atoms with Crippen molar-refractivity contribution in [2.45, 2.75) is 13.1 Å². The maximum Gasteiger partial charge on any atom is 0.180 e. The molecule has 1 aliphatic rings. The fourth-order valence-electron chi connectivity index (χ4n) is 3.39. The summed E-state index contributed by atoms with van der Waals surface area (Å²) < 4.78 is 0. The zero-order chi connectivity index (χ0) is 16.4. The van der Waals surface area contributed by atoms with Crippen LogP contribution in [0.4, 0.5) is 5.13 Å². The van der Waals surface area contributed by atoms with E-state index in [2.05, 4.69) is 57.2 Å². The molecule has 0 unspecified atom stereocenters. The number of aromatic nitrogens is 1. The minimum absolute atomic E-state index is 0. The van der Waals surface area contributed by atoms with Gasteiger partial charge in [-0.2, -0.15) is 0 Å². The van der Waals surface area contributed by atoms with Gasteiger partial charge >= 0.3 is 0 Å². The number of anilines is 1. The van der Waals surface area contributed by atoms with Crippen LogP contribution in [0.1, 0.15) is 10.4 Å². The van der Waals surface area contributed by atoms with Crippen LogP contribution in [0.25, 0.3) is 10.8 Å². The molecule has 0 radical (unpaired) electrons. The van der Waals surface area contributed by atoms with Crippen molar-refractivity contribution in [1.29, 1.82) is 0 Å². The molecule has 25 heavy (non-hydrogen) atoms. The van der Waals surface area contributed by atoms with Gasteiger partial charge in [-0.15, -0.1) is 23.7 Å². The Morgan fingerprint density at radius 1 is 0.920 bits per heavy atom. The predicted octanol–water partition coefficient (Wildman–Crippen LogP) is 3.62. The number of benzene rings is 2. The number of piperazine rings is 1. The second-order valence-corrected chi connectivity index (χ2v) is 7.50. The van der Waals surface area contributed by atoms with Crippen molar-refractivity contribution in [2.75, 3.05) is 31.9 Å². The quantitative estimate of drug-likeness (QED) is 0.757. The number of halogens is 1. The molecule has 132 valence electrons. The molecule has 0 bridgehead atoms. The normalized spacial score (nSPS) is 16.0. The first-order valence-electron chi connectivity index (χ1n) is 8.39. The van der Waals surface area contributed by atoms with E-state index >= 15 is 0 Å². The fraction of sp³-hybridized carbons (Fsp3) is 0.316. The van der Waals surface area contributed by atoms with Crippen LogP contribution in [-0.4, -0.2) is 41.0 Å². The molecule has 6 heteroatoms. The third-order valence-electron chi connectivity index (χ3n) is 4.69. The van der Waals surface area contributed by atoms with Crippen molar-refractivity contribution < 1.29 is 0 Å². The van der Waals surface area contributed by atoms with E-state index < -0.39 is 0 Å². The Labute approximate surface area is 158 Å². The lowest BCUT2D eigenvalue weighted by molar-refractivity contribution is 0.123. The van der Waals surface area contributed by atoms with E-state index in [1.165, 1.54) is 21.2 Å². The van der Waals surface area contributed by atoms with Gasteiger partial charge in [0.25, 0.3) is 0 Å². The summed E-state index contributed by atoms with van der Waals surface area (Å²) in [5, 5.41) is 3.37. The molecular formula is C19H23ClN4S.